The van der Waals surface area contributed by atoms with E-state index in [0.717, 1.165) is 6.42 Å². The van der Waals surface area contributed by atoms with Crippen molar-refractivity contribution in [2.45, 2.75) is 26.2 Å². The van der Waals surface area contributed by atoms with Crippen molar-refractivity contribution in [1.82, 2.24) is 0 Å². The SMILES string of the molecule is CCCOc1cc(NCCCC(=O)O)cc([N+](=O)[O-])c1. The van der Waals surface area contributed by atoms with E-state index in [1.807, 2.05) is 6.92 Å². The predicted molar refractivity (Wildman–Crippen MR) is 74.2 cm³/mol. The first-order chi connectivity index (χ1) is 9.52. The number of nitro groups is 1. The smallest absolute Gasteiger partial charge is 0.303 e. The molecule has 0 atom stereocenters. The summed E-state index contributed by atoms with van der Waals surface area (Å²) in [4.78, 5) is 20.7. The minimum atomic E-state index is -0.863. The van der Waals surface area contributed by atoms with E-state index in [1.165, 1.54) is 12.1 Å². The summed E-state index contributed by atoms with van der Waals surface area (Å²) in [5.74, 6) is -0.431. The molecule has 0 spiro atoms. The van der Waals surface area contributed by atoms with Crippen LogP contribution in [0.25, 0.3) is 0 Å². The van der Waals surface area contributed by atoms with Crippen molar-refractivity contribution in [3.05, 3.63) is 28.3 Å². The Labute approximate surface area is 116 Å². The monoisotopic (exact) mass is 282 g/mol. The number of hydrogen-bond acceptors (Lipinski definition) is 5. The van der Waals surface area contributed by atoms with Crippen LogP contribution < -0.4 is 10.1 Å². The summed E-state index contributed by atoms with van der Waals surface area (Å²) in [5.41, 5.74) is 0.495. The molecular formula is C13H18N2O5. The van der Waals surface area contributed by atoms with Crippen LogP contribution >= 0.6 is 0 Å². The highest BCUT2D eigenvalue weighted by Crippen LogP contribution is 2.26. The molecule has 2 N–H and O–H groups in total. The van der Waals surface area contributed by atoms with E-state index in [-0.39, 0.29) is 12.1 Å². The molecule has 7 heteroatoms. The Balaban J connectivity index is 2.70. The zero-order valence-electron chi connectivity index (χ0n) is 11.3. The number of non-ortho nitro benzene ring substituents is 1. The molecule has 0 aliphatic heterocycles. The molecule has 110 valence electrons. The third-order valence-electron chi connectivity index (χ3n) is 2.47. The summed E-state index contributed by atoms with van der Waals surface area (Å²) in [5, 5.41) is 22.3. The van der Waals surface area contributed by atoms with Gasteiger partial charge in [0.05, 0.1) is 17.6 Å². The third-order valence-corrected chi connectivity index (χ3v) is 2.47. The normalized spacial score (nSPS) is 10.1. The lowest BCUT2D eigenvalue weighted by atomic mass is 10.2. The standard InChI is InChI=1S/C13H18N2O5/c1-2-6-20-12-8-10(7-11(9-12)15(18)19)14-5-3-4-13(16)17/h7-9,14H,2-6H2,1H3,(H,16,17). The lowest BCUT2D eigenvalue weighted by Crippen LogP contribution is -2.05. The van der Waals surface area contributed by atoms with E-state index in [2.05, 4.69) is 5.32 Å². The van der Waals surface area contributed by atoms with Gasteiger partial charge >= 0.3 is 5.97 Å². The van der Waals surface area contributed by atoms with E-state index in [4.69, 9.17) is 9.84 Å². The van der Waals surface area contributed by atoms with Crippen molar-refractivity contribution in [1.29, 1.82) is 0 Å². The molecule has 1 aromatic rings. The first kappa shape index (κ1) is 15.7. The van der Waals surface area contributed by atoms with Gasteiger partial charge in [0.15, 0.2) is 0 Å². The molecule has 0 aliphatic carbocycles. The number of rotatable bonds is 9. The van der Waals surface area contributed by atoms with Crippen molar-refractivity contribution in [3.63, 3.8) is 0 Å². The summed E-state index contributed by atoms with van der Waals surface area (Å²) >= 11 is 0. The Kier molecular flexibility index (Phi) is 6.28. The van der Waals surface area contributed by atoms with E-state index in [0.29, 0.717) is 31.0 Å². The number of carboxylic acids is 1. The molecule has 20 heavy (non-hydrogen) atoms. The number of nitrogens with zero attached hydrogens (tertiary/aromatic N) is 1. The van der Waals surface area contributed by atoms with Gasteiger partial charge < -0.3 is 15.2 Å². The maximum Gasteiger partial charge on any atom is 0.303 e. The van der Waals surface area contributed by atoms with Crippen molar-refractivity contribution in [2.75, 3.05) is 18.5 Å². The molecule has 0 saturated heterocycles. The average Bonchev–Trinajstić information content (AvgIpc) is 2.41. The fraction of sp³-hybridized carbons (Fsp3) is 0.462. The van der Waals surface area contributed by atoms with Crippen LogP contribution in [0.5, 0.6) is 5.75 Å². The lowest BCUT2D eigenvalue weighted by Gasteiger charge is -2.09. The van der Waals surface area contributed by atoms with Crippen LogP contribution in [-0.4, -0.2) is 29.2 Å². The molecule has 0 amide bonds. The molecule has 0 heterocycles. The Morgan fingerprint density at radius 3 is 2.80 bits per heavy atom. The zero-order chi connectivity index (χ0) is 15.0. The fourth-order valence-corrected chi connectivity index (χ4v) is 1.57. The number of aliphatic carboxylic acids is 1. The molecule has 0 aromatic heterocycles. The van der Waals surface area contributed by atoms with Gasteiger partial charge in [0.25, 0.3) is 5.69 Å². The maximum atomic E-state index is 10.8. The van der Waals surface area contributed by atoms with Crippen LogP contribution in [0.4, 0.5) is 11.4 Å². The number of ether oxygens (including phenoxy) is 1. The highest BCUT2D eigenvalue weighted by Gasteiger charge is 2.10. The Morgan fingerprint density at radius 2 is 2.20 bits per heavy atom. The quantitative estimate of drug-likeness (QED) is 0.410. The molecule has 0 radical (unpaired) electrons. The summed E-state index contributed by atoms with van der Waals surface area (Å²) in [6.07, 6.45) is 1.31. The minimum absolute atomic E-state index is 0.0562. The summed E-state index contributed by atoms with van der Waals surface area (Å²) in [6, 6.07) is 4.45. The second kappa shape index (κ2) is 7.98. The number of anilines is 1. The van der Waals surface area contributed by atoms with Crippen LogP contribution in [0.2, 0.25) is 0 Å². The minimum Gasteiger partial charge on any atom is -0.493 e. The molecule has 7 nitrogen and oxygen atoms in total. The summed E-state index contributed by atoms with van der Waals surface area (Å²) in [6.45, 7) is 2.86. The lowest BCUT2D eigenvalue weighted by molar-refractivity contribution is -0.384. The highest BCUT2D eigenvalue weighted by atomic mass is 16.6. The second-order valence-electron chi connectivity index (χ2n) is 4.25. The van der Waals surface area contributed by atoms with Gasteiger partial charge in [0.2, 0.25) is 0 Å². The predicted octanol–water partition coefficient (Wildman–Crippen LogP) is 2.66. The van der Waals surface area contributed by atoms with Crippen molar-refractivity contribution in [3.8, 4) is 5.75 Å². The third kappa shape index (κ3) is 5.55. The Bertz CT molecular complexity index is 476. The van der Waals surface area contributed by atoms with E-state index in [9.17, 15) is 14.9 Å². The number of nitro benzene ring substituents is 1. The molecular weight excluding hydrogens is 264 g/mol. The molecule has 0 saturated carbocycles. The van der Waals surface area contributed by atoms with E-state index in [1.54, 1.807) is 6.07 Å². The van der Waals surface area contributed by atoms with Gasteiger partial charge in [0.1, 0.15) is 5.75 Å². The van der Waals surface area contributed by atoms with Crippen LogP contribution in [0.3, 0.4) is 0 Å². The van der Waals surface area contributed by atoms with Crippen LogP contribution in [-0.2, 0) is 4.79 Å². The molecule has 1 rings (SSSR count). The fourth-order valence-electron chi connectivity index (χ4n) is 1.57. The first-order valence-electron chi connectivity index (χ1n) is 6.41. The molecule has 0 unspecified atom stereocenters. The molecule has 0 fully saturated rings. The van der Waals surface area contributed by atoms with E-state index >= 15 is 0 Å². The van der Waals surface area contributed by atoms with Gasteiger partial charge in [-0.1, -0.05) is 6.92 Å². The molecule has 0 bridgehead atoms. The Morgan fingerprint density at radius 1 is 1.45 bits per heavy atom. The summed E-state index contributed by atoms with van der Waals surface area (Å²) in [7, 11) is 0. The highest BCUT2D eigenvalue weighted by molar-refractivity contribution is 5.66. The summed E-state index contributed by atoms with van der Waals surface area (Å²) < 4.78 is 5.39. The van der Waals surface area contributed by atoms with Gasteiger partial charge in [0, 0.05) is 30.8 Å². The first-order valence-corrected chi connectivity index (χ1v) is 6.41. The van der Waals surface area contributed by atoms with Crippen molar-refractivity contribution < 1.29 is 19.6 Å². The van der Waals surface area contributed by atoms with Crippen LogP contribution in [0.1, 0.15) is 26.2 Å². The number of nitrogens with one attached hydrogen (secondary N) is 1. The largest absolute Gasteiger partial charge is 0.493 e. The van der Waals surface area contributed by atoms with Crippen LogP contribution in [0.15, 0.2) is 18.2 Å². The number of carbonyl (C=O) groups is 1. The van der Waals surface area contributed by atoms with Gasteiger partial charge in [-0.25, -0.2) is 0 Å². The number of hydrogen-bond donors (Lipinski definition) is 2. The zero-order valence-corrected chi connectivity index (χ0v) is 11.3. The maximum absolute atomic E-state index is 10.8. The number of benzene rings is 1. The van der Waals surface area contributed by atoms with Gasteiger partial charge in [-0.2, -0.15) is 0 Å². The average molecular weight is 282 g/mol. The second-order valence-corrected chi connectivity index (χ2v) is 4.25. The molecule has 0 aliphatic rings. The van der Waals surface area contributed by atoms with Gasteiger partial charge in [-0.05, 0) is 12.8 Å². The number of carboxylic acid groups (broad SMARTS) is 1. The Hall–Kier alpha value is -2.31. The van der Waals surface area contributed by atoms with Crippen LogP contribution in [0, 0.1) is 10.1 Å². The molecule has 1 aromatic carbocycles. The van der Waals surface area contributed by atoms with Crippen molar-refractivity contribution in [2.24, 2.45) is 0 Å². The van der Waals surface area contributed by atoms with Gasteiger partial charge in [-0.3, -0.25) is 14.9 Å². The topological polar surface area (TPSA) is 102 Å². The van der Waals surface area contributed by atoms with E-state index < -0.39 is 10.9 Å². The van der Waals surface area contributed by atoms with Gasteiger partial charge in [-0.15, -0.1) is 0 Å². The van der Waals surface area contributed by atoms with Crippen molar-refractivity contribution >= 4 is 17.3 Å².